The highest BCUT2D eigenvalue weighted by Gasteiger charge is 1.97. The molecule has 0 aliphatic carbocycles. The zero-order valence-electron chi connectivity index (χ0n) is 17.1. The molecular weight excluding hydrogens is 294 g/mol. The summed E-state index contributed by atoms with van der Waals surface area (Å²) in [6, 6.07) is 0. The third kappa shape index (κ3) is 20.0. The fraction of sp³-hybridized carbons (Fsp3) is 1.00. The van der Waals surface area contributed by atoms with Crippen molar-refractivity contribution in [3.63, 3.8) is 0 Å². The zero-order valence-corrected chi connectivity index (χ0v) is 17.1. The van der Waals surface area contributed by atoms with Crippen LogP contribution < -0.4 is 5.06 Å². The minimum absolute atomic E-state index is 0.471. The second kappa shape index (κ2) is 21.0. The Labute approximate surface area is 153 Å². The third-order valence-electron chi connectivity index (χ3n) is 5.09. The predicted molar refractivity (Wildman–Crippen MR) is 109 cm³/mol. The smallest absolute Gasteiger partial charge is 0.0768 e. The van der Waals surface area contributed by atoms with E-state index >= 15 is 0 Å². The molecule has 1 atom stereocenters. The molecule has 0 rings (SSSR count). The summed E-state index contributed by atoms with van der Waals surface area (Å²) in [7, 11) is 0. The molecule has 2 nitrogen and oxygen atoms in total. The Morgan fingerprint density at radius 3 is 1.08 bits per heavy atom. The maximum absolute atomic E-state index is 11.4. The Kier molecular flexibility index (Phi) is 20.9. The summed E-state index contributed by atoms with van der Waals surface area (Å²) in [6.45, 7) is 5.99. The van der Waals surface area contributed by atoms with Crippen LogP contribution >= 0.6 is 0 Å². The van der Waals surface area contributed by atoms with E-state index in [0.717, 1.165) is 25.9 Å². The van der Waals surface area contributed by atoms with Gasteiger partial charge in [0.2, 0.25) is 0 Å². The van der Waals surface area contributed by atoms with Crippen molar-refractivity contribution in [3.8, 4) is 0 Å². The minimum atomic E-state index is 0.471. The first-order chi connectivity index (χ1) is 11.8. The monoisotopic (exact) mass is 341 g/mol. The van der Waals surface area contributed by atoms with E-state index in [0.29, 0.717) is 5.06 Å². The Hall–Kier alpha value is -0.0800. The third-order valence-corrected chi connectivity index (χ3v) is 5.09. The Morgan fingerprint density at radius 1 is 0.417 bits per heavy atom. The summed E-state index contributed by atoms with van der Waals surface area (Å²) in [6.07, 6.45) is 24.8. The molecule has 146 valence electrons. The fourth-order valence-corrected chi connectivity index (χ4v) is 3.45. The number of hydroxylamine groups is 2. The molecule has 0 aliphatic heterocycles. The summed E-state index contributed by atoms with van der Waals surface area (Å²) in [5, 5.41) is 11.9. The molecule has 0 aromatic rings. The van der Waals surface area contributed by atoms with Crippen LogP contribution in [-0.4, -0.2) is 13.1 Å². The van der Waals surface area contributed by atoms with Gasteiger partial charge < -0.3 is 10.3 Å². The van der Waals surface area contributed by atoms with Gasteiger partial charge >= 0.3 is 0 Å². The summed E-state index contributed by atoms with van der Waals surface area (Å²) >= 11 is 0. The van der Waals surface area contributed by atoms with Gasteiger partial charge in [0, 0.05) is 0 Å². The van der Waals surface area contributed by atoms with Crippen LogP contribution in [0.4, 0.5) is 0 Å². The molecule has 0 spiro atoms. The second-order valence-corrected chi connectivity index (χ2v) is 7.70. The first-order valence-corrected chi connectivity index (χ1v) is 11.3. The predicted octanol–water partition coefficient (Wildman–Crippen LogP) is 6.43. The molecule has 24 heavy (non-hydrogen) atoms. The van der Waals surface area contributed by atoms with Crippen molar-refractivity contribution in [3.05, 3.63) is 5.21 Å². The molecular formula is C22H47NO. The van der Waals surface area contributed by atoms with Crippen molar-refractivity contribution in [2.45, 2.75) is 129 Å². The molecule has 1 N–H and O–H groups in total. The molecule has 0 aromatic carbocycles. The molecule has 0 aliphatic rings. The molecule has 2 heteroatoms. The van der Waals surface area contributed by atoms with Crippen molar-refractivity contribution in [1.82, 2.24) is 0 Å². The number of nitrogens with one attached hydrogen (secondary N) is 1. The lowest BCUT2D eigenvalue weighted by atomic mass is 10.0. The van der Waals surface area contributed by atoms with Gasteiger partial charge in [-0.2, -0.15) is 0 Å². The van der Waals surface area contributed by atoms with E-state index < -0.39 is 0 Å². The normalized spacial score (nSPS) is 12.6. The van der Waals surface area contributed by atoms with Crippen molar-refractivity contribution < 1.29 is 5.06 Å². The van der Waals surface area contributed by atoms with Crippen molar-refractivity contribution in [1.29, 1.82) is 0 Å². The van der Waals surface area contributed by atoms with Crippen LogP contribution in [0.2, 0.25) is 0 Å². The first-order valence-electron chi connectivity index (χ1n) is 11.3. The van der Waals surface area contributed by atoms with E-state index in [9.17, 15) is 5.21 Å². The number of unbranched alkanes of at least 4 members (excludes halogenated alkanes) is 16. The van der Waals surface area contributed by atoms with Crippen LogP contribution in [0.1, 0.15) is 129 Å². The standard InChI is InChI=1S/C22H47NO/c1-3-5-6-7-8-9-10-11-12-13-14-15-16-17-18-19-20-22-23(24)21-4-2/h23H,3-22H2,1-2H3. The van der Waals surface area contributed by atoms with E-state index in [-0.39, 0.29) is 0 Å². The van der Waals surface area contributed by atoms with Gasteiger partial charge in [0.05, 0.1) is 13.1 Å². The van der Waals surface area contributed by atoms with Crippen LogP contribution in [0, 0.1) is 5.21 Å². The summed E-state index contributed by atoms with van der Waals surface area (Å²) in [5.74, 6) is 0. The van der Waals surface area contributed by atoms with Gasteiger partial charge in [-0.1, -0.05) is 110 Å². The topological polar surface area (TPSA) is 27.5 Å². The van der Waals surface area contributed by atoms with Crippen LogP contribution in [-0.2, 0) is 0 Å². The fourth-order valence-electron chi connectivity index (χ4n) is 3.45. The minimum Gasteiger partial charge on any atom is -0.634 e. The molecule has 0 amide bonds. The lowest BCUT2D eigenvalue weighted by Crippen LogP contribution is -3.07. The maximum atomic E-state index is 11.4. The average molecular weight is 342 g/mol. The van der Waals surface area contributed by atoms with Gasteiger partial charge in [0.25, 0.3) is 0 Å². The van der Waals surface area contributed by atoms with E-state index in [1.807, 2.05) is 0 Å². The summed E-state index contributed by atoms with van der Waals surface area (Å²) < 4.78 is 0. The average Bonchev–Trinajstić information content (AvgIpc) is 2.58. The van der Waals surface area contributed by atoms with Gasteiger partial charge in [-0.15, -0.1) is 0 Å². The van der Waals surface area contributed by atoms with Crippen LogP contribution in [0.3, 0.4) is 0 Å². The van der Waals surface area contributed by atoms with Gasteiger partial charge in [0.1, 0.15) is 0 Å². The molecule has 0 aromatic heterocycles. The number of hydrogen-bond donors (Lipinski definition) is 1. The largest absolute Gasteiger partial charge is 0.634 e. The summed E-state index contributed by atoms with van der Waals surface area (Å²) in [4.78, 5) is 0. The van der Waals surface area contributed by atoms with E-state index in [1.165, 1.54) is 103 Å². The van der Waals surface area contributed by atoms with Crippen molar-refractivity contribution in [2.24, 2.45) is 0 Å². The van der Waals surface area contributed by atoms with Crippen molar-refractivity contribution in [2.75, 3.05) is 13.1 Å². The first kappa shape index (κ1) is 23.9. The molecule has 1 unspecified atom stereocenters. The highest BCUT2D eigenvalue weighted by Crippen LogP contribution is 2.13. The quantitative estimate of drug-likeness (QED) is 0.200. The van der Waals surface area contributed by atoms with E-state index in [4.69, 9.17) is 0 Å². The Morgan fingerprint density at radius 2 is 0.750 bits per heavy atom. The molecule has 0 saturated heterocycles. The number of hydrogen-bond acceptors (Lipinski definition) is 1. The molecule has 0 heterocycles. The van der Waals surface area contributed by atoms with Gasteiger partial charge in [-0.3, -0.25) is 0 Å². The van der Waals surface area contributed by atoms with Gasteiger partial charge in [-0.25, -0.2) is 0 Å². The van der Waals surface area contributed by atoms with Crippen LogP contribution in [0.25, 0.3) is 0 Å². The zero-order chi connectivity index (χ0) is 17.7. The van der Waals surface area contributed by atoms with Crippen LogP contribution in [0.15, 0.2) is 0 Å². The highest BCUT2D eigenvalue weighted by molar-refractivity contribution is 4.50. The highest BCUT2D eigenvalue weighted by atomic mass is 16.5. The molecule has 0 saturated carbocycles. The number of quaternary nitrogens is 1. The Bertz CT molecular complexity index is 220. The van der Waals surface area contributed by atoms with Gasteiger partial charge in [-0.05, 0) is 19.3 Å². The second-order valence-electron chi connectivity index (χ2n) is 7.70. The van der Waals surface area contributed by atoms with Gasteiger partial charge in [0.15, 0.2) is 0 Å². The van der Waals surface area contributed by atoms with Crippen LogP contribution in [0.5, 0.6) is 0 Å². The lowest BCUT2D eigenvalue weighted by molar-refractivity contribution is -0.848. The SMILES string of the molecule is CCCCCCCCCCCCCCCCCCC[NH+]([O-])CCC. The molecule has 0 bridgehead atoms. The molecule has 0 radical (unpaired) electrons. The number of rotatable bonds is 20. The van der Waals surface area contributed by atoms with Crippen molar-refractivity contribution >= 4 is 0 Å². The summed E-state index contributed by atoms with van der Waals surface area (Å²) in [5.41, 5.74) is 0. The Balaban J connectivity index is 3.00. The molecule has 0 fully saturated rings. The maximum Gasteiger partial charge on any atom is 0.0768 e. The van der Waals surface area contributed by atoms with E-state index in [2.05, 4.69) is 13.8 Å². The lowest BCUT2D eigenvalue weighted by Gasteiger charge is -2.21. The van der Waals surface area contributed by atoms with E-state index in [1.54, 1.807) is 0 Å².